The first-order valence-corrected chi connectivity index (χ1v) is 6.14. The van der Waals surface area contributed by atoms with Gasteiger partial charge in [-0.3, -0.25) is 4.79 Å². The molecule has 1 amide bonds. The first-order valence-electron chi connectivity index (χ1n) is 4.53. The SMILES string of the molecule is COC(=O)C(C)(C)NC(=O)c1ccc(Br)s1. The Kier molecular flexibility index (Phi) is 4.09. The van der Waals surface area contributed by atoms with Crippen LogP contribution in [0.15, 0.2) is 15.9 Å². The molecule has 4 nitrogen and oxygen atoms in total. The van der Waals surface area contributed by atoms with Crippen LogP contribution in [-0.4, -0.2) is 24.5 Å². The number of thiophene rings is 1. The van der Waals surface area contributed by atoms with Crippen molar-refractivity contribution in [1.82, 2.24) is 5.32 Å². The normalized spacial score (nSPS) is 11.0. The van der Waals surface area contributed by atoms with Crippen LogP contribution in [0.25, 0.3) is 0 Å². The number of amides is 1. The number of halogens is 1. The van der Waals surface area contributed by atoms with Crippen LogP contribution in [0.4, 0.5) is 0 Å². The molecule has 1 aromatic rings. The van der Waals surface area contributed by atoms with E-state index < -0.39 is 11.5 Å². The van der Waals surface area contributed by atoms with Crippen LogP contribution < -0.4 is 5.32 Å². The highest BCUT2D eigenvalue weighted by Gasteiger charge is 2.31. The van der Waals surface area contributed by atoms with Crippen LogP contribution >= 0.6 is 27.3 Å². The van der Waals surface area contributed by atoms with Crippen molar-refractivity contribution < 1.29 is 14.3 Å². The molecule has 0 saturated carbocycles. The molecule has 0 aromatic carbocycles. The fraction of sp³-hybridized carbons (Fsp3) is 0.400. The Hall–Kier alpha value is -0.880. The van der Waals surface area contributed by atoms with Gasteiger partial charge in [0.2, 0.25) is 0 Å². The molecule has 1 N–H and O–H groups in total. The first-order chi connectivity index (χ1) is 7.36. The van der Waals surface area contributed by atoms with Crippen molar-refractivity contribution in [2.45, 2.75) is 19.4 Å². The van der Waals surface area contributed by atoms with Crippen LogP contribution in [-0.2, 0) is 9.53 Å². The van der Waals surface area contributed by atoms with Gasteiger partial charge in [-0.1, -0.05) is 0 Å². The van der Waals surface area contributed by atoms with Crippen LogP contribution in [0.3, 0.4) is 0 Å². The molecule has 0 saturated heterocycles. The van der Waals surface area contributed by atoms with Crippen molar-refractivity contribution >= 4 is 39.1 Å². The number of rotatable bonds is 3. The number of hydrogen-bond acceptors (Lipinski definition) is 4. The van der Waals surface area contributed by atoms with Crippen LogP contribution in [0.2, 0.25) is 0 Å². The summed E-state index contributed by atoms with van der Waals surface area (Å²) in [4.78, 5) is 23.7. The molecule has 0 atom stereocenters. The molecule has 0 radical (unpaired) electrons. The molecule has 0 aliphatic carbocycles. The molecule has 0 spiro atoms. The average Bonchev–Trinajstić information content (AvgIpc) is 2.63. The Balaban J connectivity index is 2.75. The van der Waals surface area contributed by atoms with Gasteiger partial charge < -0.3 is 10.1 Å². The molecule has 16 heavy (non-hydrogen) atoms. The average molecular weight is 306 g/mol. The van der Waals surface area contributed by atoms with Gasteiger partial charge >= 0.3 is 5.97 Å². The third kappa shape index (κ3) is 3.05. The minimum atomic E-state index is -1.03. The quantitative estimate of drug-likeness (QED) is 0.871. The number of hydrogen-bond donors (Lipinski definition) is 1. The van der Waals surface area contributed by atoms with E-state index in [4.69, 9.17) is 0 Å². The minimum Gasteiger partial charge on any atom is -0.467 e. The number of carbonyl (C=O) groups is 2. The van der Waals surface area contributed by atoms with Gasteiger partial charge in [0, 0.05) is 0 Å². The van der Waals surface area contributed by atoms with E-state index in [0.717, 1.165) is 3.79 Å². The van der Waals surface area contributed by atoms with E-state index in [1.165, 1.54) is 18.4 Å². The molecule has 0 fully saturated rings. The summed E-state index contributed by atoms with van der Waals surface area (Å²) in [5.74, 6) is -0.762. The Morgan fingerprint density at radius 3 is 2.50 bits per heavy atom. The van der Waals surface area contributed by atoms with Crippen molar-refractivity contribution in [1.29, 1.82) is 0 Å². The standard InChI is InChI=1S/C10H12BrNO3S/c1-10(2,9(14)15-3)12-8(13)6-4-5-7(11)16-6/h4-5H,1-3H3,(H,12,13). The molecule has 0 aliphatic rings. The summed E-state index contributed by atoms with van der Waals surface area (Å²) in [6.45, 7) is 3.19. The van der Waals surface area contributed by atoms with E-state index in [1.54, 1.807) is 26.0 Å². The minimum absolute atomic E-state index is 0.286. The zero-order valence-electron chi connectivity index (χ0n) is 9.17. The highest BCUT2D eigenvalue weighted by molar-refractivity contribution is 9.11. The van der Waals surface area contributed by atoms with Crippen molar-refractivity contribution in [3.8, 4) is 0 Å². The van der Waals surface area contributed by atoms with Crippen molar-refractivity contribution in [2.75, 3.05) is 7.11 Å². The van der Waals surface area contributed by atoms with Gasteiger partial charge in [-0.2, -0.15) is 0 Å². The second kappa shape index (κ2) is 4.97. The van der Waals surface area contributed by atoms with E-state index in [0.29, 0.717) is 4.88 Å². The Morgan fingerprint density at radius 2 is 2.06 bits per heavy atom. The summed E-state index contributed by atoms with van der Waals surface area (Å²) in [5, 5.41) is 2.61. The fourth-order valence-electron chi connectivity index (χ4n) is 1.09. The summed E-state index contributed by atoms with van der Waals surface area (Å²) in [7, 11) is 1.29. The number of methoxy groups -OCH3 is 1. The van der Waals surface area contributed by atoms with Crippen LogP contribution in [0.5, 0.6) is 0 Å². The highest BCUT2D eigenvalue weighted by Crippen LogP contribution is 2.22. The van der Waals surface area contributed by atoms with E-state index in [2.05, 4.69) is 26.0 Å². The lowest BCUT2D eigenvalue weighted by atomic mass is 10.1. The second-order valence-corrected chi connectivity index (χ2v) is 6.14. The molecule has 88 valence electrons. The molecule has 6 heteroatoms. The maximum atomic E-state index is 11.8. The first kappa shape index (κ1) is 13.2. The largest absolute Gasteiger partial charge is 0.467 e. The Bertz CT molecular complexity index is 414. The van der Waals surface area contributed by atoms with E-state index in [1.807, 2.05) is 0 Å². The molecule has 1 rings (SSSR count). The number of carbonyl (C=O) groups excluding carboxylic acids is 2. The summed E-state index contributed by atoms with van der Waals surface area (Å²) in [6, 6.07) is 3.47. The maximum absolute atomic E-state index is 11.8. The van der Waals surface area contributed by atoms with Gasteiger partial charge in [0.25, 0.3) is 5.91 Å². The molecule has 0 bridgehead atoms. The predicted octanol–water partition coefficient (Wildman–Crippen LogP) is 2.19. The topological polar surface area (TPSA) is 55.4 Å². The summed E-state index contributed by atoms with van der Waals surface area (Å²) in [6.07, 6.45) is 0. The lowest BCUT2D eigenvalue weighted by Gasteiger charge is -2.22. The highest BCUT2D eigenvalue weighted by atomic mass is 79.9. The maximum Gasteiger partial charge on any atom is 0.330 e. The Morgan fingerprint density at radius 1 is 1.44 bits per heavy atom. The zero-order valence-corrected chi connectivity index (χ0v) is 11.6. The third-order valence-corrected chi connectivity index (χ3v) is 3.54. The molecule has 1 aromatic heterocycles. The van der Waals surface area contributed by atoms with Gasteiger partial charge in [0.05, 0.1) is 15.8 Å². The summed E-state index contributed by atoms with van der Waals surface area (Å²) >= 11 is 4.58. The lowest BCUT2D eigenvalue weighted by molar-refractivity contribution is -0.146. The lowest BCUT2D eigenvalue weighted by Crippen LogP contribution is -2.50. The van der Waals surface area contributed by atoms with E-state index in [-0.39, 0.29) is 5.91 Å². The fourth-order valence-corrected chi connectivity index (χ4v) is 2.37. The van der Waals surface area contributed by atoms with Crippen molar-refractivity contribution in [2.24, 2.45) is 0 Å². The number of ether oxygens (including phenoxy) is 1. The number of nitrogens with one attached hydrogen (secondary N) is 1. The van der Waals surface area contributed by atoms with Crippen LogP contribution in [0, 0.1) is 0 Å². The predicted molar refractivity (Wildman–Crippen MR) is 65.6 cm³/mol. The molecular weight excluding hydrogens is 294 g/mol. The van der Waals surface area contributed by atoms with Crippen LogP contribution in [0.1, 0.15) is 23.5 Å². The molecule has 1 heterocycles. The van der Waals surface area contributed by atoms with Gasteiger partial charge in [-0.05, 0) is 41.9 Å². The van der Waals surface area contributed by atoms with Crippen molar-refractivity contribution in [3.05, 3.63) is 20.8 Å². The van der Waals surface area contributed by atoms with Gasteiger partial charge in [-0.15, -0.1) is 11.3 Å². The van der Waals surface area contributed by atoms with E-state index >= 15 is 0 Å². The smallest absolute Gasteiger partial charge is 0.330 e. The molecular formula is C10H12BrNO3S. The molecule has 0 unspecified atom stereocenters. The van der Waals surface area contributed by atoms with Gasteiger partial charge in [-0.25, -0.2) is 4.79 Å². The summed E-state index contributed by atoms with van der Waals surface area (Å²) < 4.78 is 5.47. The zero-order chi connectivity index (χ0) is 12.3. The van der Waals surface area contributed by atoms with Gasteiger partial charge in [0.15, 0.2) is 0 Å². The monoisotopic (exact) mass is 305 g/mol. The molecule has 0 aliphatic heterocycles. The van der Waals surface area contributed by atoms with Crippen molar-refractivity contribution in [3.63, 3.8) is 0 Å². The second-order valence-electron chi connectivity index (χ2n) is 3.67. The van der Waals surface area contributed by atoms with Gasteiger partial charge in [0.1, 0.15) is 5.54 Å². The summed E-state index contributed by atoms with van der Waals surface area (Å²) in [5.41, 5.74) is -1.03. The number of esters is 1. The third-order valence-electron chi connectivity index (χ3n) is 1.92. The Labute approximate surface area is 106 Å². The van der Waals surface area contributed by atoms with E-state index in [9.17, 15) is 9.59 Å².